The number of halogens is 2. The zero-order chi connectivity index (χ0) is 19.6. The molecule has 3 rings (SSSR count). The number of aromatic nitrogens is 1. The monoisotopic (exact) mass is 404 g/mol. The van der Waals surface area contributed by atoms with Crippen molar-refractivity contribution in [2.24, 2.45) is 4.99 Å². The molecular formula is C19H14ClFN2O3S. The number of methoxy groups -OCH3 is 2. The predicted molar refractivity (Wildman–Crippen MR) is 103 cm³/mol. The van der Waals surface area contributed by atoms with Gasteiger partial charge in [-0.15, -0.1) is 6.42 Å². The van der Waals surface area contributed by atoms with E-state index < -0.39 is 11.7 Å². The zero-order valence-electron chi connectivity index (χ0n) is 14.5. The molecule has 0 N–H and O–H groups in total. The molecule has 0 unspecified atom stereocenters. The lowest BCUT2D eigenvalue weighted by Crippen LogP contribution is -2.17. The molecule has 0 spiro atoms. The van der Waals surface area contributed by atoms with Crippen LogP contribution in [0.5, 0.6) is 11.5 Å². The molecule has 5 nitrogen and oxygen atoms in total. The number of rotatable bonds is 4. The number of hydrogen-bond donors (Lipinski definition) is 0. The van der Waals surface area contributed by atoms with Gasteiger partial charge in [0.25, 0.3) is 5.91 Å². The van der Waals surface area contributed by atoms with Gasteiger partial charge in [0.2, 0.25) is 0 Å². The first-order valence-corrected chi connectivity index (χ1v) is 8.92. The number of hydrogen-bond acceptors (Lipinski definition) is 4. The first kappa shape index (κ1) is 19.0. The van der Waals surface area contributed by atoms with Gasteiger partial charge < -0.3 is 14.0 Å². The van der Waals surface area contributed by atoms with Crippen LogP contribution in [0.25, 0.3) is 10.2 Å². The van der Waals surface area contributed by atoms with Crippen molar-refractivity contribution >= 4 is 39.1 Å². The van der Waals surface area contributed by atoms with Gasteiger partial charge in [0, 0.05) is 0 Å². The summed E-state index contributed by atoms with van der Waals surface area (Å²) < 4.78 is 27.2. The number of nitrogens with zero attached hydrogens (tertiary/aromatic N) is 2. The van der Waals surface area contributed by atoms with Crippen LogP contribution in [0.4, 0.5) is 4.39 Å². The number of carbonyl (C=O) groups is 1. The van der Waals surface area contributed by atoms with E-state index in [0.717, 1.165) is 6.07 Å². The average Bonchev–Trinajstić information content (AvgIpc) is 2.99. The summed E-state index contributed by atoms with van der Waals surface area (Å²) in [7, 11) is 3.06. The Morgan fingerprint density at radius 2 is 2.00 bits per heavy atom. The molecule has 0 saturated heterocycles. The normalized spacial score (nSPS) is 11.4. The lowest BCUT2D eigenvalue weighted by molar-refractivity contribution is 0.0994. The maximum Gasteiger partial charge on any atom is 0.284 e. The number of terminal acetylenes is 1. The van der Waals surface area contributed by atoms with E-state index in [2.05, 4.69) is 10.9 Å². The number of ether oxygens (including phenoxy) is 2. The molecular weight excluding hydrogens is 391 g/mol. The Balaban J connectivity index is 2.31. The highest BCUT2D eigenvalue weighted by Gasteiger charge is 2.19. The highest BCUT2D eigenvalue weighted by Crippen LogP contribution is 2.35. The van der Waals surface area contributed by atoms with E-state index in [0.29, 0.717) is 21.7 Å². The summed E-state index contributed by atoms with van der Waals surface area (Å²) in [5.74, 6) is 2.13. The second kappa shape index (κ2) is 7.82. The van der Waals surface area contributed by atoms with Crippen molar-refractivity contribution in [3.8, 4) is 23.8 Å². The predicted octanol–water partition coefficient (Wildman–Crippen LogP) is 3.89. The molecule has 0 fully saturated rings. The standard InChI is InChI=1S/C19H14ClFN2O3S/c1-4-10-23-16-13(25-2)8-9-14(26-3)17(16)27-19(23)22-18(24)15-11(20)6-5-7-12(15)21/h1,5-9H,10H2,2-3H3. The Hall–Kier alpha value is -2.82. The van der Waals surface area contributed by atoms with Crippen LogP contribution in [0.2, 0.25) is 5.02 Å². The molecule has 2 aromatic carbocycles. The van der Waals surface area contributed by atoms with Gasteiger partial charge in [-0.25, -0.2) is 4.39 Å². The minimum Gasteiger partial charge on any atom is -0.495 e. The van der Waals surface area contributed by atoms with E-state index in [1.807, 2.05) is 0 Å². The first-order chi connectivity index (χ1) is 13.0. The fourth-order valence-electron chi connectivity index (χ4n) is 2.62. The number of amides is 1. The topological polar surface area (TPSA) is 52.8 Å². The molecule has 0 aliphatic heterocycles. The molecule has 8 heteroatoms. The number of thiazole rings is 1. The summed E-state index contributed by atoms with van der Waals surface area (Å²) in [5.41, 5.74) is 0.355. The molecule has 0 aliphatic rings. The van der Waals surface area contributed by atoms with Gasteiger partial charge in [0.1, 0.15) is 27.5 Å². The second-order valence-corrected chi connectivity index (χ2v) is 6.72. The van der Waals surface area contributed by atoms with Crippen molar-refractivity contribution in [2.75, 3.05) is 14.2 Å². The maximum absolute atomic E-state index is 14.1. The molecule has 1 aromatic heterocycles. The highest BCUT2D eigenvalue weighted by atomic mass is 35.5. The van der Waals surface area contributed by atoms with Gasteiger partial charge in [0.05, 0.1) is 31.4 Å². The van der Waals surface area contributed by atoms with Crippen molar-refractivity contribution in [3.05, 3.63) is 51.5 Å². The van der Waals surface area contributed by atoms with E-state index in [-0.39, 0.29) is 21.9 Å². The van der Waals surface area contributed by atoms with Gasteiger partial charge in [-0.2, -0.15) is 4.99 Å². The summed E-state index contributed by atoms with van der Waals surface area (Å²) in [6.07, 6.45) is 5.49. The van der Waals surface area contributed by atoms with E-state index in [4.69, 9.17) is 27.5 Å². The third-order valence-electron chi connectivity index (χ3n) is 3.82. The van der Waals surface area contributed by atoms with Gasteiger partial charge in [-0.05, 0) is 24.3 Å². The Morgan fingerprint density at radius 1 is 1.30 bits per heavy atom. The fourth-order valence-corrected chi connectivity index (χ4v) is 4.00. The van der Waals surface area contributed by atoms with Gasteiger partial charge in [0.15, 0.2) is 4.80 Å². The average molecular weight is 405 g/mol. The van der Waals surface area contributed by atoms with Crippen LogP contribution in [-0.4, -0.2) is 24.7 Å². The van der Waals surface area contributed by atoms with Gasteiger partial charge in [-0.3, -0.25) is 4.79 Å². The van der Waals surface area contributed by atoms with E-state index in [1.165, 1.54) is 37.7 Å². The van der Waals surface area contributed by atoms with Crippen LogP contribution in [0.15, 0.2) is 35.3 Å². The summed E-state index contributed by atoms with van der Waals surface area (Å²) in [6.45, 7) is 0.140. The van der Waals surface area contributed by atoms with Crippen LogP contribution in [0, 0.1) is 18.2 Å². The smallest absolute Gasteiger partial charge is 0.284 e. The Bertz CT molecular complexity index is 1120. The molecule has 3 aromatic rings. The molecule has 0 radical (unpaired) electrons. The zero-order valence-corrected chi connectivity index (χ0v) is 16.0. The lowest BCUT2D eigenvalue weighted by atomic mass is 10.2. The molecule has 1 amide bonds. The Morgan fingerprint density at radius 3 is 2.63 bits per heavy atom. The summed E-state index contributed by atoms with van der Waals surface area (Å²) in [6, 6.07) is 7.49. The minimum absolute atomic E-state index is 0.0106. The molecule has 0 aliphatic carbocycles. The van der Waals surface area contributed by atoms with Gasteiger partial charge >= 0.3 is 0 Å². The van der Waals surface area contributed by atoms with Crippen molar-refractivity contribution in [3.63, 3.8) is 0 Å². The van der Waals surface area contributed by atoms with Crippen molar-refractivity contribution in [1.29, 1.82) is 0 Å². The Kier molecular flexibility index (Phi) is 5.49. The quantitative estimate of drug-likeness (QED) is 0.620. The summed E-state index contributed by atoms with van der Waals surface area (Å²) in [4.78, 5) is 16.9. The number of fused-ring (bicyclic) bond motifs is 1. The third-order valence-corrected chi connectivity index (χ3v) is 5.22. The van der Waals surface area contributed by atoms with Crippen molar-refractivity contribution in [2.45, 2.75) is 6.54 Å². The Labute approximate surface area is 163 Å². The molecule has 0 atom stereocenters. The highest BCUT2D eigenvalue weighted by molar-refractivity contribution is 7.16. The number of benzene rings is 2. The van der Waals surface area contributed by atoms with Crippen molar-refractivity contribution < 1.29 is 18.7 Å². The summed E-state index contributed by atoms with van der Waals surface area (Å²) in [5, 5.41) is -0.0106. The first-order valence-electron chi connectivity index (χ1n) is 7.72. The third kappa shape index (κ3) is 3.42. The molecule has 0 bridgehead atoms. The van der Waals surface area contributed by atoms with Gasteiger partial charge in [-0.1, -0.05) is 34.9 Å². The van der Waals surface area contributed by atoms with Crippen LogP contribution >= 0.6 is 22.9 Å². The molecule has 1 heterocycles. The van der Waals surface area contributed by atoms with Crippen LogP contribution in [0.1, 0.15) is 10.4 Å². The van der Waals surface area contributed by atoms with E-state index >= 15 is 0 Å². The summed E-state index contributed by atoms with van der Waals surface area (Å²) >= 11 is 7.16. The molecule has 0 saturated carbocycles. The van der Waals surface area contributed by atoms with Crippen LogP contribution in [0.3, 0.4) is 0 Å². The second-order valence-electron chi connectivity index (χ2n) is 5.34. The molecule has 27 heavy (non-hydrogen) atoms. The largest absolute Gasteiger partial charge is 0.495 e. The van der Waals surface area contributed by atoms with Crippen molar-refractivity contribution in [1.82, 2.24) is 4.57 Å². The SMILES string of the molecule is C#CCn1c(=NC(=O)c2c(F)cccc2Cl)sc2c(OC)ccc(OC)c21. The van der Waals surface area contributed by atoms with E-state index in [9.17, 15) is 9.18 Å². The molecule has 138 valence electrons. The fraction of sp³-hybridized carbons (Fsp3) is 0.158. The number of carbonyl (C=O) groups excluding carboxylic acids is 1. The van der Waals surface area contributed by atoms with Crippen LogP contribution in [-0.2, 0) is 6.54 Å². The maximum atomic E-state index is 14.1. The minimum atomic E-state index is -0.798. The van der Waals surface area contributed by atoms with E-state index in [1.54, 1.807) is 16.7 Å². The van der Waals surface area contributed by atoms with Crippen LogP contribution < -0.4 is 14.3 Å². The lowest BCUT2D eigenvalue weighted by Gasteiger charge is -2.08.